The predicted molar refractivity (Wildman–Crippen MR) is 76.7 cm³/mol. The third-order valence-corrected chi connectivity index (χ3v) is 2.78. The zero-order chi connectivity index (χ0) is 14.4. The van der Waals surface area contributed by atoms with Crippen molar-refractivity contribution >= 4 is 11.5 Å². The normalized spacial score (nSPS) is 10.2. The number of hydrogen-bond acceptors (Lipinski definition) is 5. The van der Waals surface area contributed by atoms with Crippen molar-refractivity contribution in [3.05, 3.63) is 58.0 Å². The molecule has 0 aliphatic heterocycles. The van der Waals surface area contributed by atoms with Gasteiger partial charge in [-0.15, -0.1) is 0 Å². The first-order chi connectivity index (χ1) is 9.70. The van der Waals surface area contributed by atoms with Crippen molar-refractivity contribution in [2.45, 2.75) is 19.8 Å². The van der Waals surface area contributed by atoms with E-state index in [1.165, 1.54) is 6.07 Å². The molecule has 2 rings (SSSR count). The zero-order valence-electron chi connectivity index (χ0n) is 11.2. The van der Waals surface area contributed by atoms with Gasteiger partial charge in [0, 0.05) is 30.9 Å². The summed E-state index contributed by atoms with van der Waals surface area (Å²) in [5, 5.41) is 14.2. The monoisotopic (exact) mass is 272 g/mol. The highest BCUT2D eigenvalue weighted by atomic mass is 16.6. The topological polar surface area (TPSA) is 81.0 Å². The molecule has 0 amide bonds. The van der Waals surface area contributed by atoms with Crippen molar-refractivity contribution < 1.29 is 4.92 Å². The van der Waals surface area contributed by atoms with Gasteiger partial charge in [0.25, 0.3) is 5.69 Å². The molecule has 20 heavy (non-hydrogen) atoms. The molecule has 2 aromatic rings. The molecule has 2 aromatic heterocycles. The molecule has 0 saturated carbocycles. The molecule has 1 N–H and O–H groups in total. The molecule has 0 radical (unpaired) electrons. The van der Waals surface area contributed by atoms with Gasteiger partial charge in [-0.1, -0.05) is 13.0 Å². The lowest BCUT2D eigenvalue weighted by molar-refractivity contribution is -0.385. The van der Waals surface area contributed by atoms with E-state index < -0.39 is 4.92 Å². The van der Waals surface area contributed by atoms with Crippen LogP contribution in [0.3, 0.4) is 0 Å². The third kappa shape index (κ3) is 3.50. The first kappa shape index (κ1) is 13.9. The number of nitro groups is 1. The van der Waals surface area contributed by atoms with Gasteiger partial charge < -0.3 is 5.32 Å². The summed E-state index contributed by atoms with van der Waals surface area (Å²) < 4.78 is 0. The number of nitrogens with one attached hydrogen (secondary N) is 1. The van der Waals surface area contributed by atoms with E-state index in [9.17, 15) is 10.1 Å². The maximum Gasteiger partial charge on any atom is 0.291 e. The summed E-state index contributed by atoms with van der Waals surface area (Å²) in [6, 6.07) is 8.62. The zero-order valence-corrected chi connectivity index (χ0v) is 11.2. The van der Waals surface area contributed by atoms with Crippen LogP contribution in [0.4, 0.5) is 11.5 Å². The Morgan fingerprint density at radius 2 is 2.15 bits per heavy atom. The van der Waals surface area contributed by atoms with Crippen LogP contribution in [0.15, 0.2) is 36.5 Å². The van der Waals surface area contributed by atoms with Crippen LogP contribution in [0.25, 0.3) is 0 Å². The SMILES string of the molecule is CCCNc1ccc([N+](=O)[O-])c(Cc2ccccn2)n1. The molecular weight excluding hydrogens is 256 g/mol. The Kier molecular flexibility index (Phi) is 4.60. The fourth-order valence-electron chi connectivity index (χ4n) is 1.82. The summed E-state index contributed by atoms with van der Waals surface area (Å²) in [6.07, 6.45) is 2.98. The first-order valence-corrected chi connectivity index (χ1v) is 6.48. The Hall–Kier alpha value is -2.50. The second-order valence-electron chi connectivity index (χ2n) is 4.34. The molecule has 2 heterocycles. The van der Waals surface area contributed by atoms with E-state index in [0.29, 0.717) is 17.9 Å². The highest BCUT2D eigenvalue weighted by molar-refractivity contribution is 5.46. The minimum absolute atomic E-state index is 0.0256. The first-order valence-electron chi connectivity index (χ1n) is 6.48. The van der Waals surface area contributed by atoms with Crippen LogP contribution in [-0.2, 0) is 6.42 Å². The van der Waals surface area contributed by atoms with Crippen LogP contribution in [0.2, 0.25) is 0 Å². The van der Waals surface area contributed by atoms with Crippen molar-refractivity contribution in [3.8, 4) is 0 Å². The van der Waals surface area contributed by atoms with Crippen LogP contribution in [0, 0.1) is 10.1 Å². The van der Waals surface area contributed by atoms with E-state index >= 15 is 0 Å². The van der Waals surface area contributed by atoms with Crippen LogP contribution >= 0.6 is 0 Å². The summed E-state index contributed by atoms with van der Waals surface area (Å²) in [6.45, 7) is 2.83. The van der Waals surface area contributed by atoms with E-state index in [2.05, 4.69) is 15.3 Å². The van der Waals surface area contributed by atoms with Crippen molar-refractivity contribution in [3.63, 3.8) is 0 Å². The molecule has 104 valence electrons. The minimum atomic E-state index is -0.408. The fraction of sp³-hybridized carbons (Fsp3) is 0.286. The molecule has 0 spiro atoms. The maximum atomic E-state index is 11.1. The van der Waals surface area contributed by atoms with Gasteiger partial charge in [0.1, 0.15) is 11.5 Å². The molecule has 6 nitrogen and oxygen atoms in total. The van der Waals surface area contributed by atoms with Gasteiger partial charge in [-0.3, -0.25) is 15.1 Å². The molecule has 0 aliphatic carbocycles. The van der Waals surface area contributed by atoms with E-state index in [4.69, 9.17) is 0 Å². The van der Waals surface area contributed by atoms with Crippen LogP contribution < -0.4 is 5.32 Å². The average Bonchev–Trinajstić information content (AvgIpc) is 2.46. The van der Waals surface area contributed by atoms with Crippen LogP contribution in [0.1, 0.15) is 24.7 Å². The number of hydrogen-bond donors (Lipinski definition) is 1. The Morgan fingerprint density at radius 1 is 1.30 bits per heavy atom. The van der Waals surface area contributed by atoms with E-state index in [-0.39, 0.29) is 5.69 Å². The van der Waals surface area contributed by atoms with Crippen LogP contribution in [0.5, 0.6) is 0 Å². The van der Waals surface area contributed by atoms with Gasteiger partial charge in [-0.2, -0.15) is 0 Å². The maximum absolute atomic E-state index is 11.1. The van der Waals surface area contributed by atoms with Gasteiger partial charge in [0.15, 0.2) is 0 Å². The fourth-order valence-corrected chi connectivity index (χ4v) is 1.82. The Labute approximate surface area is 117 Å². The van der Waals surface area contributed by atoms with Crippen molar-refractivity contribution in [2.24, 2.45) is 0 Å². The number of nitrogens with zero attached hydrogens (tertiary/aromatic N) is 3. The van der Waals surface area contributed by atoms with Crippen molar-refractivity contribution in [1.82, 2.24) is 9.97 Å². The third-order valence-electron chi connectivity index (χ3n) is 2.78. The molecule has 0 atom stereocenters. The number of rotatable bonds is 6. The summed E-state index contributed by atoms with van der Waals surface area (Å²) in [5.41, 5.74) is 1.21. The van der Waals surface area contributed by atoms with E-state index in [0.717, 1.165) is 18.7 Å². The highest BCUT2D eigenvalue weighted by Crippen LogP contribution is 2.21. The second-order valence-corrected chi connectivity index (χ2v) is 4.34. The standard InChI is InChI=1S/C14H16N4O2/c1-2-8-16-14-7-6-13(18(19)20)12(17-14)10-11-5-3-4-9-15-11/h3-7,9H,2,8,10H2,1H3,(H,16,17). The van der Waals surface area contributed by atoms with Gasteiger partial charge in [-0.05, 0) is 24.6 Å². The molecule has 0 unspecified atom stereocenters. The van der Waals surface area contributed by atoms with Gasteiger partial charge in [0.05, 0.1) is 4.92 Å². The quantitative estimate of drug-likeness (QED) is 0.646. The van der Waals surface area contributed by atoms with Crippen molar-refractivity contribution in [1.29, 1.82) is 0 Å². The highest BCUT2D eigenvalue weighted by Gasteiger charge is 2.16. The van der Waals surface area contributed by atoms with Crippen LogP contribution in [-0.4, -0.2) is 21.4 Å². The molecule has 0 saturated heterocycles. The molecule has 6 heteroatoms. The summed E-state index contributed by atoms with van der Waals surface area (Å²) in [5.74, 6) is 0.656. The summed E-state index contributed by atoms with van der Waals surface area (Å²) in [4.78, 5) is 19.2. The molecule has 0 aliphatic rings. The lowest BCUT2D eigenvalue weighted by Crippen LogP contribution is -2.06. The van der Waals surface area contributed by atoms with E-state index in [1.54, 1.807) is 12.3 Å². The van der Waals surface area contributed by atoms with E-state index in [1.807, 2.05) is 25.1 Å². The Morgan fingerprint density at radius 3 is 2.80 bits per heavy atom. The second kappa shape index (κ2) is 6.60. The number of anilines is 1. The molecule has 0 fully saturated rings. The molecule has 0 aromatic carbocycles. The van der Waals surface area contributed by atoms with Gasteiger partial charge in [0.2, 0.25) is 0 Å². The lowest BCUT2D eigenvalue weighted by atomic mass is 10.1. The number of pyridine rings is 2. The predicted octanol–water partition coefficient (Wildman–Crippen LogP) is 2.80. The van der Waals surface area contributed by atoms with Crippen molar-refractivity contribution in [2.75, 3.05) is 11.9 Å². The van der Waals surface area contributed by atoms with Gasteiger partial charge >= 0.3 is 0 Å². The lowest BCUT2D eigenvalue weighted by Gasteiger charge is -2.07. The average molecular weight is 272 g/mol. The number of aromatic nitrogens is 2. The molecular formula is C14H16N4O2. The Bertz CT molecular complexity index is 587. The largest absolute Gasteiger partial charge is 0.370 e. The smallest absolute Gasteiger partial charge is 0.291 e. The minimum Gasteiger partial charge on any atom is -0.370 e. The molecule has 0 bridgehead atoms. The Balaban J connectivity index is 2.29. The summed E-state index contributed by atoms with van der Waals surface area (Å²) >= 11 is 0. The van der Waals surface area contributed by atoms with Gasteiger partial charge in [-0.25, -0.2) is 4.98 Å². The summed E-state index contributed by atoms with van der Waals surface area (Å²) in [7, 11) is 0.